The SMILES string of the molecule is C[C@@H]1NC(=O)[C@@H](Cc2cccs2)NC(=O)CCC(=O)Nc2ccc(cc2)C[C@@H](C(=O)O)CC(=O)[C@@H](Cc2ccccc2)NC1=O. The second kappa shape index (κ2) is 15.8. The Morgan fingerprint density at radius 3 is 2.16 bits per heavy atom. The topological polar surface area (TPSA) is 171 Å². The van der Waals surface area contributed by atoms with Crippen molar-refractivity contribution in [3.63, 3.8) is 0 Å². The van der Waals surface area contributed by atoms with Crippen LogP contribution in [0.15, 0.2) is 72.1 Å². The summed E-state index contributed by atoms with van der Waals surface area (Å²) in [6.07, 6.45) is -0.276. The van der Waals surface area contributed by atoms with E-state index in [0.717, 1.165) is 10.4 Å². The van der Waals surface area contributed by atoms with Gasteiger partial charge in [-0.25, -0.2) is 0 Å². The first kappa shape index (κ1) is 33.1. The lowest BCUT2D eigenvalue weighted by Gasteiger charge is -2.24. The predicted octanol–water partition coefficient (Wildman–Crippen LogP) is 2.64. The van der Waals surface area contributed by atoms with E-state index in [1.165, 1.54) is 18.3 Å². The molecule has 11 nitrogen and oxygen atoms in total. The van der Waals surface area contributed by atoms with Crippen LogP contribution in [0.1, 0.15) is 42.2 Å². The van der Waals surface area contributed by atoms with Crippen LogP contribution < -0.4 is 21.3 Å². The van der Waals surface area contributed by atoms with Crippen LogP contribution >= 0.6 is 11.3 Å². The lowest BCUT2D eigenvalue weighted by atomic mass is 9.90. The van der Waals surface area contributed by atoms with Crippen molar-refractivity contribution >= 4 is 52.4 Å². The van der Waals surface area contributed by atoms with Gasteiger partial charge in [-0.3, -0.25) is 28.8 Å². The van der Waals surface area contributed by atoms with Crippen LogP contribution in [0.2, 0.25) is 0 Å². The molecule has 1 aromatic heterocycles. The van der Waals surface area contributed by atoms with Gasteiger partial charge in [-0.2, -0.15) is 0 Å². The maximum Gasteiger partial charge on any atom is 0.307 e. The molecule has 2 aromatic carbocycles. The average Bonchev–Trinajstić information content (AvgIpc) is 3.53. The summed E-state index contributed by atoms with van der Waals surface area (Å²) in [5, 5.41) is 22.5. The first-order valence-corrected chi connectivity index (χ1v) is 15.6. The molecule has 4 amide bonds. The van der Waals surface area contributed by atoms with Gasteiger partial charge in [0.2, 0.25) is 23.6 Å². The zero-order chi connectivity index (χ0) is 32.3. The van der Waals surface area contributed by atoms with E-state index in [2.05, 4.69) is 21.3 Å². The number of rotatable bonds is 5. The Morgan fingerprint density at radius 1 is 0.778 bits per heavy atom. The number of fused-ring (bicyclic) bond motifs is 18. The number of Topliss-reactive ketones (excluding diaryl/α,β-unsaturated/α-hetero) is 1. The lowest BCUT2D eigenvalue weighted by Crippen LogP contribution is -2.55. The summed E-state index contributed by atoms with van der Waals surface area (Å²) in [5.74, 6) is -4.83. The molecule has 45 heavy (non-hydrogen) atoms. The first-order valence-electron chi connectivity index (χ1n) is 14.7. The summed E-state index contributed by atoms with van der Waals surface area (Å²) in [6, 6.07) is 16.1. The third-order valence-electron chi connectivity index (χ3n) is 7.47. The molecule has 236 valence electrons. The highest BCUT2D eigenvalue weighted by molar-refractivity contribution is 7.09. The number of ketones is 1. The van der Waals surface area contributed by atoms with Gasteiger partial charge in [-0.1, -0.05) is 48.5 Å². The summed E-state index contributed by atoms with van der Waals surface area (Å²) < 4.78 is 0. The van der Waals surface area contributed by atoms with Crippen LogP contribution in [-0.2, 0) is 48.0 Å². The number of carboxylic acid groups (broad SMARTS) is 1. The van der Waals surface area contributed by atoms with Gasteiger partial charge < -0.3 is 26.4 Å². The zero-order valence-corrected chi connectivity index (χ0v) is 25.6. The molecule has 2 aliphatic heterocycles. The normalized spacial score (nSPS) is 22.4. The molecule has 0 radical (unpaired) electrons. The van der Waals surface area contributed by atoms with E-state index in [4.69, 9.17) is 0 Å². The van der Waals surface area contributed by atoms with Gasteiger partial charge in [0.05, 0.1) is 12.0 Å². The Bertz CT molecular complexity index is 1510. The maximum absolute atomic E-state index is 13.6. The second-order valence-electron chi connectivity index (χ2n) is 11.0. The van der Waals surface area contributed by atoms with Crippen molar-refractivity contribution < 1.29 is 33.9 Å². The molecule has 3 aromatic rings. The number of benzene rings is 2. The van der Waals surface area contributed by atoms with Gasteiger partial charge in [0.1, 0.15) is 12.1 Å². The molecule has 2 bridgehead atoms. The smallest absolute Gasteiger partial charge is 0.307 e. The highest BCUT2D eigenvalue weighted by atomic mass is 32.1. The number of carbonyl (C=O) groups is 6. The number of aliphatic carboxylic acids is 1. The van der Waals surface area contributed by atoms with Crippen molar-refractivity contribution in [2.75, 3.05) is 5.32 Å². The number of nitrogens with one attached hydrogen (secondary N) is 4. The van der Waals surface area contributed by atoms with Crippen LogP contribution in [0.25, 0.3) is 0 Å². The Balaban J connectivity index is 1.61. The lowest BCUT2D eigenvalue weighted by molar-refractivity contribution is -0.144. The van der Waals surface area contributed by atoms with E-state index in [1.807, 2.05) is 23.6 Å². The molecule has 0 aliphatic carbocycles. The highest BCUT2D eigenvalue weighted by Crippen LogP contribution is 2.19. The Morgan fingerprint density at radius 2 is 1.49 bits per heavy atom. The minimum atomic E-state index is -1.15. The van der Waals surface area contributed by atoms with Crippen LogP contribution in [0, 0.1) is 5.92 Å². The summed E-state index contributed by atoms with van der Waals surface area (Å²) in [4.78, 5) is 78.6. The van der Waals surface area contributed by atoms with Gasteiger partial charge in [-0.05, 0) is 54.5 Å². The largest absolute Gasteiger partial charge is 0.481 e. The second-order valence-corrected chi connectivity index (χ2v) is 12.1. The van der Waals surface area contributed by atoms with Crippen molar-refractivity contribution in [3.8, 4) is 0 Å². The number of amides is 4. The zero-order valence-electron chi connectivity index (χ0n) is 24.8. The van der Waals surface area contributed by atoms with Crippen molar-refractivity contribution in [3.05, 3.63) is 88.1 Å². The quantitative estimate of drug-likeness (QED) is 0.269. The highest BCUT2D eigenvalue weighted by Gasteiger charge is 2.31. The van der Waals surface area contributed by atoms with Gasteiger partial charge in [0.25, 0.3) is 0 Å². The molecule has 0 spiro atoms. The van der Waals surface area contributed by atoms with Gasteiger partial charge in [-0.15, -0.1) is 11.3 Å². The summed E-state index contributed by atoms with van der Waals surface area (Å²) in [6.45, 7) is 1.46. The standard InChI is InChI=1S/C33H36N4O7S/c1-20-31(41)37-26(17-21-6-3-2-4-7-21)28(38)18-23(33(43)44)16-22-9-11-24(12-10-22)35-29(39)13-14-30(40)36-27(32(42)34-20)19-25-8-5-15-45-25/h2-12,15,20,23,26-27H,13-14,16-19H2,1H3,(H,34,42)(H,35,39)(H,36,40)(H,37,41)(H,43,44)/t20-,23+,26+,27+/m0/s1. The van der Waals surface area contributed by atoms with E-state index >= 15 is 0 Å². The van der Waals surface area contributed by atoms with Crippen molar-refractivity contribution in [1.29, 1.82) is 0 Å². The Hall–Kier alpha value is -4.84. The molecule has 0 saturated heterocycles. The average molecular weight is 633 g/mol. The Kier molecular flexibility index (Phi) is 11.6. The molecular formula is C33H36N4O7S. The van der Waals surface area contributed by atoms with Crippen molar-refractivity contribution in [1.82, 2.24) is 16.0 Å². The maximum atomic E-state index is 13.6. The minimum absolute atomic E-state index is 0.0551. The van der Waals surface area contributed by atoms with Crippen LogP contribution in [-0.4, -0.2) is 58.6 Å². The van der Waals surface area contributed by atoms with Gasteiger partial charge >= 0.3 is 5.97 Å². The molecule has 0 unspecified atom stereocenters. The van der Waals surface area contributed by atoms with E-state index in [-0.39, 0.29) is 38.5 Å². The molecule has 2 aliphatic rings. The predicted molar refractivity (Wildman–Crippen MR) is 168 cm³/mol. The number of hydrogen-bond acceptors (Lipinski definition) is 7. The molecule has 3 heterocycles. The summed E-state index contributed by atoms with van der Waals surface area (Å²) in [5.41, 5.74) is 1.88. The van der Waals surface area contributed by atoms with E-state index in [9.17, 15) is 33.9 Å². The number of carboxylic acids is 1. The van der Waals surface area contributed by atoms with Gasteiger partial charge in [0, 0.05) is 36.2 Å². The van der Waals surface area contributed by atoms with Crippen LogP contribution in [0.3, 0.4) is 0 Å². The minimum Gasteiger partial charge on any atom is -0.481 e. The number of carbonyl (C=O) groups excluding carboxylic acids is 5. The van der Waals surface area contributed by atoms with E-state index in [1.54, 1.807) is 48.5 Å². The van der Waals surface area contributed by atoms with E-state index in [0.29, 0.717) is 11.3 Å². The molecule has 5 rings (SSSR count). The fourth-order valence-electron chi connectivity index (χ4n) is 4.97. The Labute approximate surface area is 264 Å². The fourth-order valence-corrected chi connectivity index (χ4v) is 5.72. The van der Waals surface area contributed by atoms with E-state index < -0.39 is 59.4 Å². The third-order valence-corrected chi connectivity index (χ3v) is 8.37. The number of hydrogen-bond donors (Lipinski definition) is 5. The third kappa shape index (κ3) is 10.1. The molecule has 4 atom stereocenters. The number of anilines is 1. The van der Waals surface area contributed by atoms with Crippen LogP contribution in [0.5, 0.6) is 0 Å². The fraction of sp³-hybridized carbons (Fsp3) is 0.333. The molecule has 0 fully saturated rings. The molecule has 0 saturated carbocycles. The molecule has 5 N–H and O–H groups in total. The molecular weight excluding hydrogens is 596 g/mol. The van der Waals surface area contributed by atoms with Gasteiger partial charge in [0.15, 0.2) is 5.78 Å². The summed E-state index contributed by atoms with van der Waals surface area (Å²) >= 11 is 1.41. The van der Waals surface area contributed by atoms with Crippen molar-refractivity contribution in [2.45, 2.75) is 63.6 Å². The first-order chi connectivity index (χ1) is 21.6. The monoisotopic (exact) mass is 632 g/mol. The molecule has 12 heteroatoms. The van der Waals surface area contributed by atoms with Crippen molar-refractivity contribution in [2.24, 2.45) is 5.92 Å². The number of thiophene rings is 1. The summed E-state index contributed by atoms with van der Waals surface area (Å²) in [7, 11) is 0. The van der Waals surface area contributed by atoms with Crippen LogP contribution in [0.4, 0.5) is 5.69 Å².